The molecule has 4 heterocycles. The molecule has 8 heteroatoms. The van der Waals surface area contributed by atoms with Crippen LogP contribution in [-0.2, 0) is 0 Å². The summed E-state index contributed by atoms with van der Waals surface area (Å²) in [5.41, 5.74) is 13.3. The van der Waals surface area contributed by atoms with Gasteiger partial charge in [-0.05, 0) is 78.7 Å². The molecule has 10 rings (SSSR count). The van der Waals surface area contributed by atoms with Gasteiger partial charge in [0, 0.05) is 38.7 Å². The van der Waals surface area contributed by atoms with Crippen LogP contribution < -0.4 is 0 Å². The monoisotopic (exact) mass is 740 g/mol. The molecule has 0 spiro atoms. The molecule has 4 aromatic heterocycles. The lowest BCUT2D eigenvalue weighted by atomic mass is 10.0. The second-order valence-electron chi connectivity index (χ2n) is 13.5. The minimum atomic E-state index is 0.497. The van der Waals surface area contributed by atoms with Gasteiger partial charge in [-0.25, -0.2) is 24.9 Å². The Kier molecular flexibility index (Phi) is 8.23. The van der Waals surface area contributed by atoms with Gasteiger partial charge < -0.3 is 8.98 Å². The van der Waals surface area contributed by atoms with E-state index in [0.717, 1.165) is 55.6 Å². The van der Waals surface area contributed by atoms with E-state index in [1.54, 1.807) is 17.4 Å². The molecule has 0 bridgehead atoms. The van der Waals surface area contributed by atoms with Crippen LogP contribution in [0.4, 0.5) is 0 Å². The van der Waals surface area contributed by atoms with Gasteiger partial charge >= 0.3 is 0 Å². The Morgan fingerprint density at radius 3 is 2.09 bits per heavy atom. The number of allylic oxidation sites excluding steroid dienone is 5. The Labute approximate surface area is 326 Å². The van der Waals surface area contributed by atoms with Crippen LogP contribution in [0, 0.1) is 0 Å². The third-order valence-electron chi connectivity index (χ3n) is 9.96. The lowest BCUT2D eigenvalue weighted by Gasteiger charge is -2.09. The molecule has 0 atom stereocenters. The largest absolute Gasteiger partial charge is 0.436 e. The Balaban J connectivity index is 1.02. The molecule has 56 heavy (non-hydrogen) atoms. The maximum absolute atomic E-state index is 6.37. The quantitative estimate of drug-likeness (QED) is 0.144. The smallest absolute Gasteiger partial charge is 0.227 e. The molecular weight excluding hydrogens is 709 g/mol. The van der Waals surface area contributed by atoms with Crippen molar-refractivity contribution in [1.82, 2.24) is 29.5 Å². The lowest BCUT2D eigenvalue weighted by Crippen LogP contribution is -2.00. The highest BCUT2D eigenvalue weighted by Crippen LogP contribution is 2.36. The highest BCUT2D eigenvalue weighted by atomic mass is 32.1. The van der Waals surface area contributed by atoms with Gasteiger partial charge in [0.05, 0.1) is 26.8 Å². The summed E-state index contributed by atoms with van der Waals surface area (Å²) in [6.45, 7) is 6.11. The molecule has 0 amide bonds. The molecule has 0 aliphatic carbocycles. The first-order valence-electron chi connectivity index (χ1n) is 18.3. The van der Waals surface area contributed by atoms with Crippen LogP contribution in [-0.4, -0.2) is 29.5 Å². The fraction of sp³-hybridized carbons (Fsp3) is 0.0208. The molecule has 7 nitrogen and oxygen atoms in total. The van der Waals surface area contributed by atoms with Crippen LogP contribution in [0.2, 0.25) is 0 Å². The first-order chi connectivity index (χ1) is 27.6. The maximum Gasteiger partial charge on any atom is 0.227 e. The van der Waals surface area contributed by atoms with Crippen molar-refractivity contribution in [3.8, 4) is 39.9 Å². The predicted molar refractivity (Wildman–Crippen MR) is 229 cm³/mol. The standard InChI is InChI=1S/C48H32N6OS/c1-3-12-35(25-30(2)33-19-22-42-38(26-33)37-17-10-11-18-41(37)54(42)36-21-24-44-40(28-36)49-29-56-44)48-50-39-27-34(20-23-43(39)55-48)47-52-45(31-13-6-4-7-14-31)51-46(53-47)32-15-8-5-9-16-32/h3-29H,1H2,2H3/b30-25+,35-12+. The number of benzene rings is 6. The first-order valence-corrected chi connectivity index (χ1v) is 19.1. The van der Waals surface area contributed by atoms with E-state index in [1.807, 2.05) is 90.4 Å². The predicted octanol–water partition coefficient (Wildman–Crippen LogP) is 12.4. The number of nitrogens with zero attached hydrogens (tertiary/aromatic N) is 6. The van der Waals surface area contributed by atoms with Crippen molar-refractivity contribution >= 4 is 65.6 Å². The average Bonchev–Trinajstić information content (AvgIpc) is 3.99. The second-order valence-corrected chi connectivity index (χ2v) is 14.4. The summed E-state index contributed by atoms with van der Waals surface area (Å²) in [6.07, 6.45) is 5.79. The van der Waals surface area contributed by atoms with E-state index in [4.69, 9.17) is 24.4 Å². The normalized spacial score (nSPS) is 12.3. The Bertz CT molecular complexity index is 3110. The average molecular weight is 741 g/mol. The SMILES string of the molecule is C=C/C=C(\C=C(/C)c1ccc2c(c1)c1ccccc1n2-c1ccc2scnc2c1)c1nc2cc(-c3nc(-c4ccccc4)nc(-c4ccccc4)n3)ccc2o1. The first kappa shape index (κ1) is 33.3. The molecule has 0 aliphatic rings. The molecule has 0 radical (unpaired) electrons. The molecule has 0 saturated heterocycles. The summed E-state index contributed by atoms with van der Waals surface area (Å²) in [7, 11) is 0. The molecule has 266 valence electrons. The van der Waals surface area contributed by atoms with Gasteiger partial charge in [0.2, 0.25) is 5.89 Å². The minimum Gasteiger partial charge on any atom is -0.436 e. The van der Waals surface area contributed by atoms with E-state index in [1.165, 1.54) is 15.5 Å². The van der Waals surface area contributed by atoms with Gasteiger partial charge in [-0.1, -0.05) is 104 Å². The fourth-order valence-corrected chi connectivity index (χ4v) is 7.89. The summed E-state index contributed by atoms with van der Waals surface area (Å²) in [5.74, 6) is 2.26. The fourth-order valence-electron chi connectivity index (χ4n) is 7.23. The number of rotatable bonds is 8. The Hall–Kier alpha value is -7.29. The highest BCUT2D eigenvalue weighted by Gasteiger charge is 2.17. The van der Waals surface area contributed by atoms with Crippen molar-refractivity contribution in [2.75, 3.05) is 0 Å². The van der Waals surface area contributed by atoms with Crippen LogP contribution in [0.15, 0.2) is 174 Å². The molecule has 6 aromatic carbocycles. The van der Waals surface area contributed by atoms with Crippen LogP contribution >= 0.6 is 11.3 Å². The van der Waals surface area contributed by atoms with E-state index < -0.39 is 0 Å². The minimum absolute atomic E-state index is 0.497. The number of fused-ring (bicyclic) bond motifs is 5. The molecule has 0 saturated carbocycles. The number of hydrogen-bond acceptors (Lipinski definition) is 7. The number of para-hydroxylation sites is 1. The van der Waals surface area contributed by atoms with Gasteiger partial charge in [-0.3, -0.25) is 0 Å². The molecular formula is C48H32N6OS. The van der Waals surface area contributed by atoms with Crippen LogP contribution in [0.5, 0.6) is 0 Å². The summed E-state index contributed by atoms with van der Waals surface area (Å²) < 4.78 is 9.87. The van der Waals surface area contributed by atoms with Gasteiger partial charge in [0.1, 0.15) is 5.52 Å². The number of hydrogen-bond donors (Lipinski definition) is 0. The van der Waals surface area contributed by atoms with E-state index in [2.05, 4.69) is 89.8 Å². The molecule has 0 aliphatic heterocycles. The van der Waals surface area contributed by atoms with Crippen molar-refractivity contribution in [3.05, 3.63) is 181 Å². The van der Waals surface area contributed by atoms with Crippen LogP contribution in [0.3, 0.4) is 0 Å². The molecule has 10 aromatic rings. The zero-order chi connectivity index (χ0) is 37.6. The van der Waals surface area contributed by atoms with Crippen molar-refractivity contribution in [2.45, 2.75) is 6.92 Å². The van der Waals surface area contributed by atoms with Gasteiger partial charge in [-0.15, -0.1) is 11.3 Å². The number of oxazole rings is 1. The highest BCUT2D eigenvalue weighted by molar-refractivity contribution is 7.16. The molecule has 0 fully saturated rings. The summed E-state index contributed by atoms with van der Waals surface area (Å²) in [6, 6.07) is 47.5. The van der Waals surface area contributed by atoms with Crippen LogP contribution in [0.1, 0.15) is 18.4 Å². The second kappa shape index (κ2) is 13.8. The molecule has 0 unspecified atom stereocenters. The zero-order valence-electron chi connectivity index (χ0n) is 30.3. The van der Waals surface area contributed by atoms with Crippen molar-refractivity contribution in [2.24, 2.45) is 0 Å². The van der Waals surface area contributed by atoms with Gasteiger partial charge in [0.25, 0.3) is 0 Å². The Morgan fingerprint density at radius 1 is 0.643 bits per heavy atom. The van der Waals surface area contributed by atoms with E-state index in [-0.39, 0.29) is 0 Å². The number of thiazole rings is 1. The van der Waals surface area contributed by atoms with Crippen molar-refractivity contribution in [1.29, 1.82) is 0 Å². The summed E-state index contributed by atoms with van der Waals surface area (Å²) >= 11 is 1.66. The van der Waals surface area contributed by atoms with Gasteiger partial charge in [0.15, 0.2) is 23.1 Å². The third kappa shape index (κ3) is 5.98. The lowest BCUT2D eigenvalue weighted by molar-refractivity contribution is 0.586. The Morgan fingerprint density at radius 2 is 1.34 bits per heavy atom. The van der Waals surface area contributed by atoms with Crippen LogP contribution in [0.25, 0.3) is 94.1 Å². The molecule has 0 N–H and O–H groups in total. The number of aromatic nitrogens is 6. The van der Waals surface area contributed by atoms with E-state index >= 15 is 0 Å². The van der Waals surface area contributed by atoms with E-state index in [0.29, 0.717) is 34.5 Å². The van der Waals surface area contributed by atoms with E-state index in [9.17, 15) is 0 Å². The maximum atomic E-state index is 6.37. The van der Waals surface area contributed by atoms with Crippen molar-refractivity contribution < 1.29 is 4.42 Å². The zero-order valence-corrected chi connectivity index (χ0v) is 31.1. The topological polar surface area (TPSA) is 82.5 Å². The van der Waals surface area contributed by atoms with Gasteiger partial charge in [-0.2, -0.15) is 0 Å². The van der Waals surface area contributed by atoms with Crippen molar-refractivity contribution in [3.63, 3.8) is 0 Å². The summed E-state index contributed by atoms with van der Waals surface area (Å²) in [5, 5.41) is 2.37. The summed E-state index contributed by atoms with van der Waals surface area (Å²) in [4.78, 5) is 24.2. The third-order valence-corrected chi connectivity index (χ3v) is 10.8.